The lowest BCUT2D eigenvalue weighted by molar-refractivity contribution is -0.138. The summed E-state index contributed by atoms with van der Waals surface area (Å²) in [5, 5.41) is 16.5. The molecular weight excluding hydrogens is 238 g/mol. The van der Waals surface area contributed by atoms with E-state index in [1.54, 1.807) is 28.8 Å². The van der Waals surface area contributed by atoms with Gasteiger partial charge in [-0.2, -0.15) is 5.10 Å². The first kappa shape index (κ1) is 10.8. The number of thioether (sulfide) groups is 1. The molecule has 1 aliphatic rings. The lowest BCUT2D eigenvalue weighted by atomic mass is 10.3. The molecule has 1 aromatic heterocycles. The molecule has 2 atom stereocenters. The van der Waals surface area contributed by atoms with Crippen LogP contribution in [0.15, 0.2) is 12.4 Å². The molecular formula is C8H10ClN3O2S. The van der Waals surface area contributed by atoms with Crippen molar-refractivity contribution < 1.29 is 9.90 Å². The zero-order chi connectivity index (χ0) is 10.8. The molecule has 2 heterocycles. The number of nitrogens with one attached hydrogen (secondary N) is 1. The van der Waals surface area contributed by atoms with Crippen molar-refractivity contribution >= 4 is 29.3 Å². The Hall–Kier alpha value is -0.720. The predicted molar refractivity (Wildman–Crippen MR) is 58.0 cm³/mol. The highest BCUT2D eigenvalue weighted by Crippen LogP contribution is 2.20. The molecule has 1 aromatic rings. The van der Waals surface area contributed by atoms with Crippen molar-refractivity contribution in [2.45, 2.75) is 18.0 Å². The Bertz CT molecular complexity index is 371. The normalized spacial score (nSPS) is 25.7. The van der Waals surface area contributed by atoms with Crippen molar-refractivity contribution in [1.82, 2.24) is 15.1 Å². The maximum absolute atomic E-state index is 10.7. The van der Waals surface area contributed by atoms with Gasteiger partial charge in [-0.3, -0.25) is 14.8 Å². The maximum Gasteiger partial charge on any atom is 0.321 e. The molecule has 1 aliphatic heterocycles. The molecule has 0 spiro atoms. The molecule has 7 heteroatoms. The Morgan fingerprint density at radius 3 is 3.20 bits per heavy atom. The summed E-state index contributed by atoms with van der Waals surface area (Å²) < 4.78 is 1.71. The highest BCUT2D eigenvalue weighted by Gasteiger charge is 2.29. The van der Waals surface area contributed by atoms with Crippen LogP contribution >= 0.6 is 23.4 Å². The van der Waals surface area contributed by atoms with E-state index in [0.717, 1.165) is 0 Å². The second kappa shape index (κ2) is 4.42. The molecule has 1 fully saturated rings. The van der Waals surface area contributed by atoms with E-state index in [-0.39, 0.29) is 5.37 Å². The van der Waals surface area contributed by atoms with Gasteiger partial charge in [0, 0.05) is 11.9 Å². The third-order valence-electron chi connectivity index (χ3n) is 2.10. The zero-order valence-corrected chi connectivity index (χ0v) is 9.33. The topological polar surface area (TPSA) is 67.1 Å². The summed E-state index contributed by atoms with van der Waals surface area (Å²) in [6.45, 7) is 0.626. The average Bonchev–Trinajstić information content (AvgIpc) is 2.76. The Labute approximate surface area is 95.8 Å². The van der Waals surface area contributed by atoms with Crippen LogP contribution in [-0.2, 0) is 11.3 Å². The molecule has 15 heavy (non-hydrogen) atoms. The van der Waals surface area contributed by atoms with Gasteiger partial charge in [-0.15, -0.1) is 11.8 Å². The van der Waals surface area contributed by atoms with Crippen LogP contribution in [-0.4, -0.2) is 38.0 Å². The van der Waals surface area contributed by atoms with Crippen molar-refractivity contribution in [3.63, 3.8) is 0 Å². The van der Waals surface area contributed by atoms with E-state index in [2.05, 4.69) is 10.4 Å². The van der Waals surface area contributed by atoms with Gasteiger partial charge in [0.15, 0.2) is 0 Å². The second-order valence-corrected chi connectivity index (χ2v) is 4.93. The Morgan fingerprint density at radius 1 is 1.87 bits per heavy atom. The first-order valence-electron chi connectivity index (χ1n) is 4.43. The van der Waals surface area contributed by atoms with Crippen LogP contribution in [0.5, 0.6) is 0 Å². The van der Waals surface area contributed by atoms with Gasteiger partial charge < -0.3 is 5.11 Å². The highest BCUT2D eigenvalue weighted by atomic mass is 35.5. The van der Waals surface area contributed by atoms with Gasteiger partial charge in [-0.25, -0.2) is 0 Å². The summed E-state index contributed by atoms with van der Waals surface area (Å²) in [7, 11) is 0. The number of rotatable bonds is 3. The fraction of sp³-hybridized carbons (Fsp3) is 0.500. The van der Waals surface area contributed by atoms with Crippen LogP contribution < -0.4 is 5.32 Å². The van der Waals surface area contributed by atoms with Crippen LogP contribution in [0.2, 0.25) is 5.02 Å². The minimum atomic E-state index is -0.802. The smallest absolute Gasteiger partial charge is 0.321 e. The molecule has 5 nitrogen and oxygen atoms in total. The average molecular weight is 248 g/mol. The third kappa shape index (κ3) is 2.64. The van der Waals surface area contributed by atoms with E-state index < -0.39 is 12.0 Å². The van der Waals surface area contributed by atoms with E-state index in [1.165, 1.54) is 0 Å². The number of aromatic nitrogens is 2. The molecule has 0 aromatic carbocycles. The summed E-state index contributed by atoms with van der Waals surface area (Å²) in [5.41, 5.74) is 0. The Balaban J connectivity index is 1.90. The van der Waals surface area contributed by atoms with Crippen molar-refractivity contribution in [3.05, 3.63) is 17.4 Å². The molecule has 0 aliphatic carbocycles. The quantitative estimate of drug-likeness (QED) is 0.821. The maximum atomic E-state index is 10.7. The molecule has 2 N–H and O–H groups in total. The molecule has 0 bridgehead atoms. The van der Waals surface area contributed by atoms with E-state index in [4.69, 9.17) is 16.7 Å². The number of carbonyl (C=O) groups is 1. The van der Waals surface area contributed by atoms with E-state index >= 15 is 0 Å². The number of aliphatic carboxylic acids is 1. The SMILES string of the molecule is O=C(O)[C@@H]1CS[C@@H](Cn2cc(Cl)cn2)N1. The lowest BCUT2D eigenvalue weighted by Crippen LogP contribution is -2.38. The summed E-state index contributed by atoms with van der Waals surface area (Å²) >= 11 is 7.31. The summed E-state index contributed by atoms with van der Waals surface area (Å²) in [5.74, 6) is -0.210. The summed E-state index contributed by atoms with van der Waals surface area (Å²) in [6, 6.07) is -0.453. The second-order valence-electron chi connectivity index (χ2n) is 3.26. The fourth-order valence-electron chi connectivity index (χ4n) is 1.39. The van der Waals surface area contributed by atoms with Crippen LogP contribution in [0.1, 0.15) is 0 Å². The van der Waals surface area contributed by atoms with E-state index in [9.17, 15) is 4.79 Å². The number of hydrogen-bond acceptors (Lipinski definition) is 4. The third-order valence-corrected chi connectivity index (χ3v) is 3.51. The van der Waals surface area contributed by atoms with Crippen LogP contribution in [0.25, 0.3) is 0 Å². The van der Waals surface area contributed by atoms with Crippen LogP contribution in [0.4, 0.5) is 0 Å². The number of carboxylic acid groups (broad SMARTS) is 1. The Kier molecular flexibility index (Phi) is 3.18. The molecule has 0 amide bonds. The van der Waals surface area contributed by atoms with Gasteiger partial charge in [-0.05, 0) is 0 Å². The number of carboxylic acids is 1. The van der Waals surface area contributed by atoms with Gasteiger partial charge in [0.2, 0.25) is 0 Å². The summed E-state index contributed by atoms with van der Waals surface area (Å²) in [6.07, 6.45) is 3.29. The molecule has 0 saturated carbocycles. The first-order valence-corrected chi connectivity index (χ1v) is 5.86. The Morgan fingerprint density at radius 2 is 2.67 bits per heavy atom. The molecule has 1 saturated heterocycles. The largest absolute Gasteiger partial charge is 0.480 e. The van der Waals surface area contributed by atoms with Gasteiger partial charge in [0.1, 0.15) is 6.04 Å². The monoisotopic (exact) mass is 247 g/mol. The first-order chi connectivity index (χ1) is 7.15. The lowest BCUT2D eigenvalue weighted by Gasteiger charge is -2.10. The minimum absolute atomic E-state index is 0.0852. The zero-order valence-electron chi connectivity index (χ0n) is 7.76. The minimum Gasteiger partial charge on any atom is -0.480 e. The summed E-state index contributed by atoms with van der Waals surface area (Å²) in [4.78, 5) is 10.7. The predicted octanol–water partition coefficient (Wildman–Crippen LogP) is 0.652. The number of nitrogens with zero attached hydrogens (tertiary/aromatic N) is 2. The van der Waals surface area contributed by atoms with E-state index in [0.29, 0.717) is 17.3 Å². The standard InChI is InChI=1S/C8H10ClN3O2S/c9-5-1-10-12(2-5)3-7-11-6(4-15-7)8(13)14/h1-2,6-7,11H,3-4H2,(H,13,14)/t6-,7-/m0/s1. The molecule has 82 valence electrons. The van der Waals surface area contributed by atoms with Crippen molar-refractivity contribution in [2.75, 3.05) is 5.75 Å². The van der Waals surface area contributed by atoms with Gasteiger partial charge >= 0.3 is 5.97 Å². The highest BCUT2D eigenvalue weighted by molar-refractivity contribution is 8.00. The molecule has 0 unspecified atom stereocenters. The molecule has 2 rings (SSSR count). The van der Waals surface area contributed by atoms with Crippen LogP contribution in [0.3, 0.4) is 0 Å². The van der Waals surface area contributed by atoms with Gasteiger partial charge in [0.05, 0.1) is 23.1 Å². The number of halogens is 1. The number of hydrogen-bond donors (Lipinski definition) is 2. The van der Waals surface area contributed by atoms with E-state index in [1.807, 2.05) is 0 Å². The van der Waals surface area contributed by atoms with Crippen LogP contribution in [0, 0.1) is 0 Å². The van der Waals surface area contributed by atoms with Crippen molar-refractivity contribution in [1.29, 1.82) is 0 Å². The van der Waals surface area contributed by atoms with Crippen molar-refractivity contribution in [3.8, 4) is 0 Å². The van der Waals surface area contributed by atoms with Crippen molar-refractivity contribution in [2.24, 2.45) is 0 Å². The van der Waals surface area contributed by atoms with Gasteiger partial charge in [0.25, 0.3) is 0 Å². The molecule has 0 radical (unpaired) electrons. The van der Waals surface area contributed by atoms with Gasteiger partial charge in [-0.1, -0.05) is 11.6 Å². The fourth-order valence-corrected chi connectivity index (χ4v) is 2.73.